The van der Waals surface area contributed by atoms with Crippen LogP contribution in [0.15, 0.2) is 23.1 Å². The second-order valence-corrected chi connectivity index (χ2v) is 6.73. The molecule has 0 bridgehead atoms. The molecular formula is C14H21NO3S. The Labute approximate surface area is 114 Å². The third kappa shape index (κ3) is 3.78. The predicted molar refractivity (Wildman–Crippen MR) is 74.6 cm³/mol. The molecule has 4 nitrogen and oxygen atoms in total. The topological polar surface area (TPSA) is 66.4 Å². The number of nitrogens with one attached hydrogen (secondary N) is 1. The molecule has 1 aliphatic rings. The van der Waals surface area contributed by atoms with Crippen LogP contribution < -0.4 is 4.72 Å². The van der Waals surface area contributed by atoms with Gasteiger partial charge >= 0.3 is 0 Å². The van der Waals surface area contributed by atoms with E-state index in [-0.39, 0.29) is 6.61 Å². The standard InChI is InChI=1S/C14H21NO3S/c16-10-3-1-2-9-15-19(17,18)14-8-7-12-5-4-6-13(12)11-14/h7-8,11,15-16H,1-6,9-10H2. The van der Waals surface area contributed by atoms with Gasteiger partial charge in [-0.25, -0.2) is 13.1 Å². The maximum Gasteiger partial charge on any atom is 0.240 e. The van der Waals surface area contributed by atoms with Crippen LogP contribution in [0.5, 0.6) is 0 Å². The lowest BCUT2D eigenvalue weighted by atomic mass is 10.1. The van der Waals surface area contributed by atoms with Crippen molar-refractivity contribution < 1.29 is 13.5 Å². The van der Waals surface area contributed by atoms with Crippen LogP contribution in [0, 0.1) is 0 Å². The van der Waals surface area contributed by atoms with Crippen LogP contribution in [-0.2, 0) is 22.9 Å². The molecule has 5 heteroatoms. The average Bonchev–Trinajstić information content (AvgIpc) is 2.85. The normalized spacial score (nSPS) is 14.6. The molecule has 2 rings (SSSR count). The van der Waals surface area contributed by atoms with Crippen molar-refractivity contribution in [2.75, 3.05) is 13.2 Å². The highest BCUT2D eigenvalue weighted by Gasteiger charge is 2.17. The number of hydrogen-bond donors (Lipinski definition) is 2. The fourth-order valence-corrected chi connectivity index (χ4v) is 3.54. The van der Waals surface area contributed by atoms with Crippen molar-refractivity contribution in [1.29, 1.82) is 0 Å². The largest absolute Gasteiger partial charge is 0.396 e. The molecule has 0 heterocycles. The van der Waals surface area contributed by atoms with E-state index in [0.29, 0.717) is 11.4 Å². The number of aliphatic hydroxyl groups excluding tert-OH is 1. The van der Waals surface area contributed by atoms with Gasteiger partial charge in [-0.2, -0.15) is 0 Å². The lowest BCUT2D eigenvalue weighted by molar-refractivity contribution is 0.283. The van der Waals surface area contributed by atoms with Crippen molar-refractivity contribution in [2.24, 2.45) is 0 Å². The van der Waals surface area contributed by atoms with Crippen LogP contribution in [-0.4, -0.2) is 26.7 Å². The predicted octanol–water partition coefficient (Wildman–Crippen LogP) is 1.62. The molecule has 0 fully saturated rings. The zero-order chi connectivity index (χ0) is 13.7. The summed E-state index contributed by atoms with van der Waals surface area (Å²) < 4.78 is 26.8. The fourth-order valence-electron chi connectivity index (χ4n) is 2.42. The Kier molecular flexibility index (Phi) is 4.96. The first-order valence-electron chi connectivity index (χ1n) is 6.86. The summed E-state index contributed by atoms with van der Waals surface area (Å²) in [5.41, 5.74) is 2.45. The second-order valence-electron chi connectivity index (χ2n) is 4.97. The molecular weight excluding hydrogens is 262 g/mol. The molecule has 0 spiro atoms. The van der Waals surface area contributed by atoms with Gasteiger partial charge in [-0.3, -0.25) is 0 Å². The number of sulfonamides is 1. The maximum absolute atomic E-state index is 12.1. The van der Waals surface area contributed by atoms with Gasteiger partial charge in [-0.15, -0.1) is 0 Å². The molecule has 2 N–H and O–H groups in total. The van der Waals surface area contributed by atoms with Gasteiger partial charge < -0.3 is 5.11 Å². The molecule has 106 valence electrons. The Bertz CT molecular complexity index is 525. The summed E-state index contributed by atoms with van der Waals surface area (Å²) in [6, 6.07) is 5.43. The van der Waals surface area contributed by atoms with Crippen molar-refractivity contribution >= 4 is 10.0 Å². The zero-order valence-corrected chi connectivity index (χ0v) is 11.9. The number of unbranched alkanes of at least 4 members (excludes halogenated alkanes) is 2. The van der Waals surface area contributed by atoms with Crippen molar-refractivity contribution in [3.05, 3.63) is 29.3 Å². The minimum atomic E-state index is -3.38. The Hall–Kier alpha value is -0.910. The van der Waals surface area contributed by atoms with E-state index in [1.54, 1.807) is 12.1 Å². The van der Waals surface area contributed by atoms with Crippen LogP contribution in [0.3, 0.4) is 0 Å². The summed E-state index contributed by atoms with van der Waals surface area (Å²) in [4.78, 5) is 0.371. The maximum atomic E-state index is 12.1. The summed E-state index contributed by atoms with van der Waals surface area (Å²) in [6.07, 6.45) is 5.47. The lowest BCUT2D eigenvalue weighted by Crippen LogP contribution is -2.25. The van der Waals surface area contributed by atoms with Crippen LogP contribution in [0.25, 0.3) is 0 Å². The molecule has 0 radical (unpaired) electrons. The molecule has 19 heavy (non-hydrogen) atoms. The molecule has 1 aliphatic carbocycles. The summed E-state index contributed by atoms with van der Waals surface area (Å²) in [5.74, 6) is 0. The fraction of sp³-hybridized carbons (Fsp3) is 0.571. The smallest absolute Gasteiger partial charge is 0.240 e. The molecule has 0 atom stereocenters. The number of aliphatic hydroxyl groups is 1. The molecule has 1 aromatic carbocycles. The molecule has 0 amide bonds. The highest BCUT2D eigenvalue weighted by atomic mass is 32.2. The summed E-state index contributed by atoms with van der Waals surface area (Å²) in [7, 11) is -3.38. The Morgan fingerprint density at radius 3 is 2.68 bits per heavy atom. The van der Waals surface area contributed by atoms with Gasteiger partial charge in [0.15, 0.2) is 0 Å². The van der Waals surface area contributed by atoms with E-state index in [2.05, 4.69) is 4.72 Å². The van der Waals surface area contributed by atoms with Gasteiger partial charge in [0.1, 0.15) is 0 Å². The number of rotatable bonds is 7. The molecule has 0 unspecified atom stereocenters. The number of hydrogen-bond acceptors (Lipinski definition) is 3. The van der Waals surface area contributed by atoms with Crippen LogP contribution in [0.2, 0.25) is 0 Å². The van der Waals surface area contributed by atoms with Gasteiger partial charge in [0.2, 0.25) is 10.0 Å². The SMILES string of the molecule is O=S(=O)(NCCCCCO)c1ccc2c(c1)CCC2. The highest BCUT2D eigenvalue weighted by molar-refractivity contribution is 7.89. The van der Waals surface area contributed by atoms with Crippen molar-refractivity contribution in [2.45, 2.75) is 43.4 Å². The van der Waals surface area contributed by atoms with Crippen molar-refractivity contribution in [3.8, 4) is 0 Å². The Morgan fingerprint density at radius 2 is 1.89 bits per heavy atom. The van der Waals surface area contributed by atoms with E-state index >= 15 is 0 Å². The van der Waals surface area contributed by atoms with Gasteiger partial charge in [0.25, 0.3) is 0 Å². The summed E-state index contributed by atoms with van der Waals surface area (Å²) >= 11 is 0. The van der Waals surface area contributed by atoms with E-state index < -0.39 is 10.0 Å². The highest BCUT2D eigenvalue weighted by Crippen LogP contribution is 2.24. The minimum Gasteiger partial charge on any atom is -0.396 e. The van der Waals surface area contributed by atoms with Gasteiger partial charge in [0, 0.05) is 13.2 Å². The van der Waals surface area contributed by atoms with E-state index in [1.807, 2.05) is 6.07 Å². The molecule has 0 saturated heterocycles. The number of fused-ring (bicyclic) bond motifs is 1. The first kappa shape index (κ1) is 14.5. The van der Waals surface area contributed by atoms with Gasteiger partial charge in [-0.05, 0) is 61.8 Å². The van der Waals surface area contributed by atoms with Crippen molar-refractivity contribution in [1.82, 2.24) is 4.72 Å². The van der Waals surface area contributed by atoms with E-state index in [4.69, 9.17) is 5.11 Å². The molecule has 0 saturated carbocycles. The van der Waals surface area contributed by atoms with Crippen LogP contribution in [0.1, 0.15) is 36.8 Å². The van der Waals surface area contributed by atoms with E-state index in [1.165, 1.54) is 11.1 Å². The second kappa shape index (κ2) is 6.50. The van der Waals surface area contributed by atoms with Crippen LogP contribution >= 0.6 is 0 Å². The Morgan fingerprint density at radius 1 is 1.11 bits per heavy atom. The lowest BCUT2D eigenvalue weighted by Gasteiger charge is -2.08. The average molecular weight is 283 g/mol. The summed E-state index contributed by atoms with van der Waals surface area (Å²) in [6.45, 7) is 0.594. The van der Waals surface area contributed by atoms with Crippen LogP contribution in [0.4, 0.5) is 0 Å². The van der Waals surface area contributed by atoms with Gasteiger partial charge in [0.05, 0.1) is 4.90 Å². The van der Waals surface area contributed by atoms with E-state index in [9.17, 15) is 8.42 Å². The first-order chi connectivity index (χ1) is 9.13. The van der Waals surface area contributed by atoms with Crippen molar-refractivity contribution in [3.63, 3.8) is 0 Å². The van der Waals surface area contributed by atoms with Gasteiger partial charge in [-0.1, -0.05) is 6.07 Å². The monoisotopic (exact) mass is 283 g/mol. The van der Waals surface area contributed by atoms with E-state index in [0.717, 1.165) is 38.5 Å². The zero-order valence-electron chi connectivity index (χ0n) is 11.1. The third-order valence-corrected chi connectivity index (χ3v) is 4.97. The quantitative estimate of drug-likeness (QED) is 0.747. The molecule has 0 aromatic heterocycles. The summed E-state index contributed by atoms with van der Waals surface area (Å²) in [5, 5.41) is 8.65. The Balaban J connectivity index is 1.95. The first-order valence-corrected chi connectivity index (χ1v) is 8.34. The molecule has 1 aromatic rings. The minimum absolute atomic E-state index is 0.164. The number of benzene rings is 1. The third-order valence-electron chi connectivity index (χ3n) is 3.51. The number of aryl methyl sites for hydroxylation is 2. The molecule has 0 aliphatic heterocycles.